The zero-order valence-electron chi connectivity index (χ0n) is 19.3. The number of H-pyrrole nitrogens is 1. The van der Waals surface area contributed by atoms with Gasteiger partial charge < -0.3 is 15.6 Å². The Hall–Kier alpha value is -3.86. The Balaban J connectivity index is 1.29. The SMILES string of the molecule is CC1CCCCC1NC(=O)c1ccc2[nH]c(-c3ccc(NC(=O)c4ccccc4)cc3)cc2c1. The number of rotatable bonds is 5. The van der Waals surface area contributed by atoms with Gasteiger partial charge in [0.05, 0.1) is 0 Å². The predicted molar refractivity (Wildman–Crippen MR) is 137 cm³/mol. The molecular weight excluding hydrogens is 422 g/mol. The lowest BCUT2D eigenvalue weighted by Crippen LogP contribution is -2.41. The van der Waals surface area contributed by atoms with Crippen molar-refractivity contribution in [3.63, 3.8) is 0 Å². The van der Waals surface area contributed by atoms with Crippen LogP contribution in [0.5, 0.6) is 0 Å². The van der Waals surface area contributed by atoms with Crippen molar-refractivity contribution in [3.8, 4) is 11.3 Å². The van der Waals surface area contributed by atoms with E-state index >= 15 is 0 Å². The number of benzene rings is 3. The van der Waals surface area contributed by atoms with Gasteiger partial charge in [0.2, 0.25) is 0 Å². The highest BCUT2D eigenvalue weighted by atomic mass is 16.2. The van der Waals surface area contributed by atoms with Gasteiger partial charge in [-0.3, -0.25) is 9.59 Å². The standard InChI is InChI=1S/C29H29N3O2/c1-19-7-5-6-10-25(19)32-29(34)22-13-16-26-23(17-22)18-27(31-26)20-11-14-24(15-12-20)30-28(33)21-8-3-2-4-9-21/h2-4,8-9,11-19,25,31H,5-7,10H2,1H3,(H,30,33)(H,32,34). The summed E-state index contributed by atoms with van der Waals surface area (Å²) in [6.45, 7) is 2.23. The molecule has 34 heavy (non-hydrogen) atoms. The molecule has 0 saturated heterocycles. The molecular formula is C29H29N3O2. The van der Waals surface area contributed by atoms with E-state index in [-0.39, 0.29) is 17.9 Å². The van der Waals surface area contributed by atoms with E-state index in [1.165, 1.54) is 19.3 Å². The van der Waals surface area contributed by atoms with E-state index in [0.29, 0.717) is 17.0 Å². The van der Waals surface area contributed by atoms with E-state index in [1.807, 2.05) is 60.7 Å². The lowest BCUT2D eigenvalue weighted by atomic mass is 9.86. The van der Waals surface area contributed by atoms with Gasteiger partial charge in [0, 0.05) is 39.5 Å². The van der Waals surface area contributed by atoms with Gasteiger partial charge in [-0.2, -0.15) is 0 Å². The Labute approximate surface area is 199 Å². The lowest BCUT2D eigenvalue weighted by molar-refractivity contribution is 0.0910. The van der Waals surface area contributed by atoms with Crippen LogP contribution in [0, 0.1) is 5.92 Å². The van der Waals surface area contributed by atoms with Crippen LogP contribution in [-0.4, -0.2) is 22.8 Å². The topological polar surface area (TPSA) is 74.0 Å². The van der Waals surface area contributed by atoms with Crippen LogP contribution in [0.1, 0.15) is 53.3 Å². The average molecular weight is 452 g/mol. The maximum Gasteiger partial charge on any atom is 0.255 e. The van der Waals surface area contributed by atoms with Crippen LogP contribution < -0.4 is 10.6 Å². The molecule has 0 radical (unpaired) electrons. The van der Waals surface area contributed by atoms with E-state index in [2.05, 4.69) is 28.6 Å². The summed E-state index contributed by atoms with van der Waals surface area (Å²) in [5.74, 6) is 0.398. The van der Waals surface area contributed by atoms with Gasteiger partial charge in [0.1, 0.15) is 0 Å². The molecule has 1 aliphatic carbocycles. The van der Waals surface area contributed by atoms with Gasteiger partial charge in [-0.15, -0.1) is 0 Å². The van der Waals surface area contributed by atoms with Gasteiger partial charge in [0.25, 0.3) is 11.8 Å². The third-order valence-electron chi connectivity index (χ3n) is 6.80. The Morgan fingerprint density at radius 2 is 1.59 bits per heavy atom. The largest absolute Gasteiger partial charge is 0.355 e. The van der Waals surface area contributed by atoms with Crippen LogP contribution in [0.3, 0.4) is 0 Å². The Kier molecular flexibility index (Phi) is 6.17. The number of carbonyl (C=O) groups is 2. The fourth-order valence-corrected chi connectivity index (χ4v) is 4.74. The van der Waals surface area contributed by atoms with Gasteiger partial charge in [-0.25, -0.2) is 0 Å². The van der Waals surface area contributed by atoms with Crippen molar-refractivity contribution in [1.82, 2.24) is 10.3 Å². The van der Waals surface area contributed by atoms with Gasteiger partial charge >= 0.3 is 0 Å². The normalized spacial score (nSPS) is 17.9. The molecule has 172 valence electrons. The predicted octanol–water partition coefficient (Wildman–Crippen LogP) is 6.40. The maximum absolute atomic E-state index is 12.9. The average Bonchev–Trinajstić information content (AvgIpc) is 3.30. The molecule has 3 N–H and O–H groups in total. The lowest BCUT2D eigenvalue weighted by Gasteiger charge is -2.29. The van der Waals surface area contributed by atoms with Gasteiger partial charge in [0.15, 0.2) is 0 Å². The number of amides is 2. The number of carbonyl (C=O) groups excluding carboxylic acids is 2. The zero-order chi connectivity index (χ0) is 23.5. The van der Waals surface area contributed by atoms with Crippen LogP contribution in [0.15, 0.2) is 78.9 Å². The summed E-state index contributed by atoms with van der Waals surface area (Å²) in [5.41, 5.74) is 5.02. The highest BCUT2D eigenvalue weighted by Gasteiger charge is 2.23. The summed E-state index contributed by atoms with van der Waals surface area (Å²) in [6, 6.07) is 25.0. The first kappa shape index (κ1) is 22.0. The molecule has 5 heteroatoms. The van der Waals surface area contributed by atoms with Crippen molar-refractivity contribution < 1.29 is 9.59 Å². The van der Waals surface area contributed by atoms with Crippen LogP contribution in [0.4, 0.5) is 5.69 Å². The highest BCUT2D eigenvalue weighted by molar-refractivity contribution is 6.04. The molecule has 1 heterocycles. The minimum absolute atomic E-state index is 0.00177. The second kappa shape index (κ2) is 9.56. The first-order chi connectivity index (χ1) is 16.6. The van der Waals surface area contributed by atoms with Crippen LogP contribution in [0.25, 0.3) is 22.2 Å². The molecule has 1 fully saturated rings. The first-order valence-electron chi connectivity index (χ1n) is 12.0. The van der Waals surface area contributed by atoms with Gasteiger partial charge in [-0.05, 0) is 72.9 Å². The minimum Gasteiger partial charge on any atom is -0.355 e. The van der Waals surface area contributed by atoms with E-state index in [0.717, 1.165) is 34.3 Å². The Morgan fingerprint density at radius 1 is 0.824 bits per heavy atom. The monoisotopic (exact) mass is 451 g/mol. The number of aromatic nitrogens is 1. The molecule has 2 atom stereocenters. The molecule has 5 rings (SSSR count). The summed E-state index contributed by atoms with van der Waals surface area (Å²) in [7, 11) is 0. The summed E-state index contributed by atoms with van der Waals surface area (Å²) in [4.78, 5) is 28.7. The number of nitrogens with one attached hydrogen (secondary N) is 3. The second-order valence-corrected chi connectivity index (χ2v) is 9.22. The molecule has 4 aromatic rings. The third kappa shape index (κ3) is 4.74. The van der Waals surface area contributed by atoms with Crippen molar-refractivity contribution in [2.24, 2.45) is 5.92 Å². The van der Waals surface area contributed by atoms with Crippen molar-refractivity contribution in [1.29, 1.82) is 0 Å². The fraction of sp³-hybridized carbons (Fsp3) is 0.241. The molecule has 1 aromatic heterocycles. The van der Waals surface area contributed by atoms with E-state index in [4.69, 9.17) is 0 Å². The Bertz CT molecular complexity index is 1310. The fourth-order valence-electron chi connectivity index (χ4n) is 4.74. The van der Waals surface area contributed by atoms with Crippen molar-refractivity contribution in [2.75, 3.05) is 5.32 Å². The van der Waals surface area contributed by atoms with E-state index < -0.39 is 0 Å². The number of anilines is 1. The third-order valence-corrected chi connectivity index (χ3v) is 6.80. The second-order valence-electron chi connectivity index (χ2n) is 9.22. The highest BCUT2D eigenvalue weighted by Crippen LogP contribution is 2.27. The molecule has 0 aliphatic heterocycles. The minimum atomic E-state index is -0.132. The summed E-state index contributed by atoms with van der Waals surface area (Å²) >= 11 is 0. The number of hydrogen-bond donors (Lipinski definition) is 3. The molecule has 1 aliphatic rings. The van der Waals surface area contributed by atoms with Gasteiger partial charge in [-0.1, -0.05) is 50.1 Å². The van der Waals surface area contributed by atoms with Crippen LogP contribution >= 0.6 is 0 Å². The molecule has 1 saturated carbocycles. The van der Waals surface area contributed by atoms with E-state index in [1.54, 1.807) is 12.1 Å². The number of hydrogen-bond acceptors (Lipinski definition) is 2. The van der Waals surface area contributed by atoms with Crippen LogP contribution in [-0.2, 0) is 0 Å². The molecule has 5 nitrogen and oxygen atoms in total. The number of aromatic amines is 1. The van der Waals surface area contributed by atoms with Crippen molar-refractivity contribution in [3.05, 3.63) is 90.0 Å². The van der Waals surface area contributed by atoms with Crippen molar-refractivity contribution in [2.45, 2.75) is 38.6 Å². The Morgan fingerprint density at radius 3 is 2.35 bits per heavy atom. The molecule has 2 unspecified atom stereocenters. The van der Waals surface area contributed by atoms with Crippen molar-refractivity contribution >= 4 is 28.4 Å². The maximum atomic E-state index is 12.9. The summed E-state index contributed by atoms with van der Waals surface area (Å²) < 4.78 is 0. The molecule has 2 amide bonds. The quantitative estimate of drug-likeness (QED) is 0.329. The smallest absolute Gasteiger partial charge is 0.255 e. The molecule has 0 spiro atoms. The summed E-state index contributed by atoms with van der Waals surface area (Å²) in [6.07, 6.45) is 4.68. The number of fused-ring (bicyclic) bond motifs is 1. The molecule has 3 aromatic carbocycles. The first-order valence-corrected chi connectivity index (χ1v) is 12.0. The zero-order valence-corrected chi connectivity index (χ0v) is 19.3. The summed E-state index contributed by atoms with van der Waals surface area (Å²) in [5, 5.41) is 7.17. The van der Waals surface area contributed by atoms with E-state index in [9.17, 15) is 9.59 Å². The molecule has 0 bridgehead atoms. The van der Waals surface area contributed by atoms with Crippen LogP contribution in [0.2, 0.25) is 0 Å².